The molecule has 3 aromatic rings. The standard InChI is InChI=1S/C17H23N5O5/c1-11-10-22-13-14(18-16(22)20(11)7-5-9-26-3)19(2)17(25)21(15(13)24)8-6-12(23)27-4/h10H,5-9H2,1-4H3. The van der Waals surface area contributed by atoms with E-state index in [1.54, 1.807) is 18.6 Å². The van der Waals surface area contributed by atoms with Crippen molar-refractivity contribution in [1.29, 1.82) is 0 Å². The van der Waals surface area contributed by atoms with E-state index in [9.17, 15) is 14.4 Å². The molecule has 0 aromatic carbocycles. The van der Waals surface area contributed by atoms with Crippen LogP contribution in [0.25, 0.3) is 16.9 Å². The van der Waals surface area contributed by atoms with Gasteiger partial charge in [0.1, 0.15) is 0 Å². The highest BCUT2D eigenvalue weighted by molar-refractivity contribution is 5.75. The van der Waals surface area contributed by atoms with Gasteiger partial charge in [-0.1, -0.05) is 0 Å². The second kappa shape index (κ2) is 7.39. The van der Waals surface area contributed by atoms with Crippen LogP contribution in [0.2, 0.25) is 0 Å². The van der Waals surface area contributed by atoms with Gasteiger partial charge in [-0.05, 0) is 13.3 Å². The molecule has 0 spiro atoms. The molecule has 0 saturated heterocycles. The van der Waals surface area contributed by atoms with Gasteiger partial charge in [-0.15, -0.1) is 0 Å². The lowest BCUT2D eigenvalue weighted by atomic mass is 10.4. The summed E-state index contributed by atoms with van der Waals surface area (Å²) in [6, 6.07) is 0. The van der Waals surface area contributed by atoms with Gasteiger partial charge in [0.25, 0.3) is 5.56 Å². The Morgan fingerprint density at radius 1 is 1.19 bits per heavy atom. The predicted molar refractivity (Wildman–Crippen MR) is 98.1 cm³/mol. The van der Waals surface area contributed by atoms with Crippen LogP contribution in [0.15, 0.2) is 15.8 Å². The zero-order chi connectivity index (χ0) is 19.7. The second-order valence-corrected chi connectivity index (χ2v) is 6.35. The number of nitrogens with zero attached hydrogens (tertiary/aromatic N) is 5. The third-order valence-electron chi connectivity index (χ3n) is 4.64. The van der Waals surface area contributed by atoms with Crippen LogP contribution in [-0.4, -0.2) is 49.9 Å². The molecule has 10 nitrogen and oxygen atoms in total. The van der Waals surface area contributed by atoms with Gasteiger partial charge in [-0.3, -0.25) is 23.1 Å². The van der Waals surface area contributed by atoms with Gasteiger partial charge in [0.2, 0.25) is 5.78 Å². The van der Waals surface area contributed by atoms with Gasteiger partial charge in [-0.25, -0.2) is 4.79 Å². The van der Waals surface area contributed by atoms with Crippen molar-refractivity contribution >= 4 is 22.9 Å². The molecule has 3 aromatic heterocycles. The fraction of sp³-hybridized carbons (Fsp3) is 0.529. The Balaban J connectivity index is 2.18. The first-order valence-electron chi connectivity index (χ1n) is 8.64. The number of methoxy groups -OCH3 is 2. The van der Waals surface area contributed by atoms with Crippen LogP contribution < -0.4 is 11.2 Å². The third kappa shape index (κ3) is 3.16. The van der Waals surface area contributed by atoms with Crippen molar-refractivity contribution in [3.63, 3.8) is 0 Å². The van der Waals surface area contributed by atoms with Gasteiger partial charge >= 0.3 is 11.7 Å². The van der Waals surface area contributed by atoms with E-state index in [1.165, 1.54) is 11.7 Å². The number of aryl methyl sites for hydroxylation is 3. The maximum absolute atomic E-state index is 13.0. The lowest BCUT2D eigenvalue weighted by Crippen LogP contribution is -2.39. The maximum Gasteiger partial charge on any atom is 0.332 e. The Morgan fingerprint density at radius 2 is 1.93 bits per heavy atom. The largest absolute Gasteiger partial charge is 0.469 e. The highest BCUT2D eigenvalue weighted by Gasteiger charge is 2.20. The molecule has 0 aliphatic heterocycles. The summed E-state index contributed by atoms with van der Waals surface area (Å²) in [4.78, 5) is 41.5. The maximum atomic E-state index is 13.0. The molecule has 0 saturated carbocycles. The summed E-state index contributed by atoms with van der Waals surface area (Å²) in [6.45, 7) is 3.19. The summed E-state index contributed by atoms with van der Waals surface area (Å²) in [6.07, 6.45) is 2.57. The zero-order valence-electron chi connectivity index (χ0n) is 15.9. The van der Waals surface area contributed by atoms with Crippen LogP contribution in [-0.2, 0) is 34.4 Å². The summed E-state index contributed by atoms with van der Waals surface area (Å²) in [5, 5.41) is 0. The van der Waals surface area contributed by atoms with E-state index < -0.39 is 17.2 Å². The van der Waals surface area contributed by atoms with Crippen molar-refractivity contribution < 1.29 is 14.3 Å². The van der Waals surface area contributed by atoms with Crippen molar-refractivity contribution in [1.82, 2.24) is 23.1 Å². The summed E-state index contributed by atoms with van der Waals surface area (Å²) in [7, 11) is 4.48. The molecule has 3 rings (SSSR count). The number of rotatable bonds is 7. The SMILES string of the molecule is COCCCn1c(C)cn2c3c(=O)n(CCC(=O)OC)c(=O)n(C)c3nc12. The normalized spacial score (nSPS) is 11.6. The number of esters is 1. The molecule has 0 atom stereocenters. The van der Waals surface area contributed by atoms with Crippen molar-refractivity contribution in [2.24, 2.45) is 7.05 Å². The van der Waals surface area contributed by atoms with E-state index >= 15 is 0 Å². The van der Waals surface area contributed by atoms with Gasteiger partial charge in [0, 0.05) is 45.7 Å². The highest BCUT2D eigenvalue weighted by atomic mass is 16.5. The quantitative estimate of drug-likeness (QED) is 0.426. The van der Waals surface area contributed by atoms with Crippen molar-refractivity contribution in [2.45, 2.75) is 32.9 Å². The lowest BCUT2D eigenvalue weighted by Gasteiger charge is -2.07. The number of aromatic nitrogens is 5. The molecule has 10 heteroatoms. The lowest BCUT2D eigenvalue weighted by molar-refractivity contribution is -0.140. The molecule has 0 unspecified atom stereocenters. The minimum Gasteiger partial charge on any atom is -0.469 e. The average Bonchev–Trinajstić information content (AvgIpc) is 3.15. The van der Waals surface area contributed by atoms with Crippen LogP contribution in [0.4, 0.5) is 0 Å². The number of carbonyl (C=O) groups is 1. The number of hydrogen-bond acceptors (Lipinski definition) is 6. The van der Waals surface area contributed by atoms with Crippen LogP contribution in [0, 0.1) is 6.92 Å². The van der Waals surface area contributed by atoms with Gasteiger partial charge in [0.05, 0.1) is 13.5 Å². The Labute approximate surface area is 154 Å². The summed E-state index contributed by atoms with van der Waals surface area (Å²) >= 11 is 0. The van der Waals surface area contributed by atoms with Crippen LogP contribution in [0.1, 0.15) is 18.5 Å². The Kier molecular flexibility index (Phi) is 5.17. The minimum atomic E-state index is -0.514. The molecule has 0 amide bonds. The summed E-state index contributed by atoms with van der Waals surface area (Å²) in [5.74, 6) is 0.110. The predicted octanol–water partition coefficient (Wildman–Crippen LogP) is 0.0574. The summed E-state index contributed by atoms with van der Waals surface area (Å²) < 4.78 is 15.8. The number of fused-ring (bicyclic) bond motifs is 3. The first-order chi connectivity index (χ1) is 12.9. The van der Waals surface area contributed by atoms with E-state index in [4.69, 9.17) is 4.74 Å². The third-order valence-corrected chi connectivity index (χ3v) is 4.64. The van der Waals surface area contributed by atoms with Crippen molar-refractivity contribution in [3.8, 4) is 0 Å². The molecular weight excluding hydrogens is 354 g/mol. The molecular formula is C17H23N5O5. The molecule has 3 heterocycles. The van der Waals surface area contributed by atoms with Crippen molar-refractivity contribution in [2.75, 3.05) is 20.8 Å². The van der Waals surface area contributed by atoms with E-state index in [-0.39, 0.29) is 13.0 Å². The molecule has 0 aliphatic carbocycles. The number of ether oxygens (including phenoxy) is 2. The Hall–Kier alpha value is -2.88. The molecule has 0 radical (unpaired) electrons. The number of hydrogen-bond donors (Lipinski definition) is 0. The van der Waals surface area contributed by atoms with E-state index in [0.29, 0.717) is 30.1 Å². The smallest absolute Gasteiger partial charge is 0.332 e. The van der Waals surface area contributed by atoms with Gasteiger partial charge < -0.3 is 14.0 Å². The molecule has 0 fully saturated rings. The molecule has 0 bridgehead atoms. The monoisotopic (exact) mass is 377 g/mol. The van der Waals surface area contributed by atoms with Crippen LogP contribution >= 0.6 is 0 Å². The molecule has 0 aliphatic rings. The number of carbonyl (C=O) groups excluding carboxylic acids is 1. The number of imidazole rings is 2. The Bertz CT molecular complexity index is 1120. The fourth-order valence-electron chi connectivity index (χ4n) is 3.20. The van der Waals surface area contributed by atoms with E-state index in [1.807, 2.05) is 17.7 Å². The van der Waals surface area contributed by atoms with Gasteiger partial charge in [0.15, 0.2) is 11.2 Å². The van der Waals surface area contributed by atoms with Crippen LogP contribution in [0.3, 0.4) is 0 Å². The summed E-state index contributed by atoms with van der Waals surface area (Å²) in [5.41, 5.74) is 0.587. The minimum absolute atomic E-state index is 0.0467. The first kappa shape index (κ1) is 18.9. The highest BCUT2D eigenvalue weighted by Crippen LogP contribution is 2.16. The Morgan fingerprint density at radius 3 is 2.59 bits per heavy atom. The average molecular weight is 377 g/mol. The van der Waals surface area contributed by atoms with E-state index in [2.05, 4.69) is 9.72 Å². The molecule has 27 heavy (non-hydrogen) atoms. The zero-order valence-corrected chi connectivity index (χ0v) is 15.9. The van der Waals surface area contributed by atoms with Crippen LogP contribution in [0.5, 0.6) is 0 Å². The second-order valence-electron chi connectivity index (χ2n) is 6.35. The molecule has 0 N–H and O–H groups in total. The fourth-order valence-corrected chi connectivity index (χ4v) is 3.20. The van der Waals surface area contributed by atoms with Crippen molar-refractivity contribution in [3.05, 3.63) is 32.7 Å². The van der Waals surface area contributed by atoms with Gasteiger partial charge in [-0.2, -0.15) is 4.98 Å². The van der Waals surface area contributed by atoms with E-state index in [0.717, 1.165) is 16.7 Å². The topological polar surface area (TPSA) is 102 Å². The first-order valence-corrected chi connectivity index (χ1v) is 8.64. The molecule has 146 valence electrons.